The summed E-state index contributed by atoms with van der Waals surface area (Å²) in [5.74, 6) is 0.548. The van der Waals surface area contributed by atoms with Crippen LogP contribution in [0.4, 0.5) is 5.82 Å². The predicted octanol–water partition coefficient (Wildman–Crippen LogP) is 0.992. The highest BCUT2D eigenvalue weighted by Crippen LogP contribution is 2.13. The molecule has 11 heavy (non-hydrogen) atoms. The molecule has 0 aliphatic carbocycles. The first-order valence-electron chi connectivity index (χ1n) is 3.60. The van der Waals surface area contributed by atoms with Crippen molar-refractivity contribution in [2.45, 2.75) is 19.9 Å². The second kappa shape index (κ2) is 2.88. The Balaban J connectivity index is 3.09. The molecule has 0 amide bonds. The maximum absolute atomic E-state index is 5.68. The van der Waals surface area contributed by atoms with Crippen LogP contribution >= 0.6 is 0 Å². The lowest BCUT2D eigenvalue weighted by atomic mass is 10.1. The Morgan fingerprint density at radius 2 is 2.09 bits per heavy atom. The summed E-state index contributed by atoms with van der Waals surface area (Å²) in [5.41, 5.74) is 13.1. The molecule has 60 valence electrons. The SMILES string of the molecule is Cc1nc(N)ccc1[C@@H](C)N. The van der Waals surface area contributed by atoms with Crippen LogP contribution in [0.5, 0.6) is 0 Å². The van der Waals surface area contributed by atoms with Crippen LogP contribution in [0, 0.1) is 6.92 Å². The molecule has 0 saturated heterocycles. The molecule has 0 fully saturated rings. The fraction of sp³-hybridized carbons (Fsp3) is 0.375. The van der Waals surface area contributed by atoms with Crippen LogP contribution < -0.4 is 11.5 Å². The molecular formula is C8H13N3. The highest BCUT2D eigenvalue weighted by atomic mass is 14.8. The molecule has 0 spiro atoms. The van der Waals surface area contributed by atoms with E-state index in [-0.39, 0.29) is 6.04 Å². The summed E-state index contributed by atoms with van der Waals surface area (Å²) < 4.78 is 0. The van der Waals surface area contributed by atoms with Gasteiger partial charge in [-0.1, -0.05) is 6.07 Å². The van der Waals surface area contributed by atoms with Crippen molar-refractivity contribution < 1.29 is 0 Å². The van der Waals surface area contributed by atoms with E-state index in [0.29, 0.717) is 5.82 Å². The average Bonchev–Trinajstić information content (AvgIpc) is 1.85. The highest BCUT2D eigenvalue weighted by molar-refractivity contribution is 5.34. The largest absolute Gasteiger partial charge is 0.384 e. The van der Waals surface area contributed by atoms with Gasteiger partial charge in [0.1, 0.15) is 5.82 Å². The summed E-state index contributed by atoms with van der Waals surface area (Å²) in [6, 6.07) is 3.72. The highest BCUT2D eigenvalue weighted by Gasteiger charge is 2.03. The maximum atomic E-state index is 5.68. The number of nitrogens with two attached hydrogens (primary N) is 2. The number of anilines is 1. The third-order valence-electron chi connectivity index (χ3n) is 1.64. The van der Waals surface area contributed by atoms with E-state index in [1.807, 2.05) is 19.9 Å². The van der Waals surface area contributed by atoms with Crippen molar-refractivity contribution >= 4 is 5.82 Å². The first-order chi connectivity index (χ1) is 5.11. The molecule has 3 heteroatoms. The standard InChI is InChI=1S/C8H13N3/c1-5(9)7-3-4-8(10)11-6(7)2/h3-5H,9H2,1-2H3,(H2,10,11)/t5-/m1/s1. The number of hydrogen-bond donors (Lipinski definition) is 2. The zero-order valence-electron chi connectivity index (χ0n) is 6.83. The van der Waals surface area contributed by atoms with Gasteiger partial charge < -0.3 is 11.5 Å². The molecule has 4 N–H and O–H groups in total. The van der Waals surface area contributed by atoms with E-state index >= 15 is 0 Å². The molecule has 0 bridgehead atoms. The van der Waals surface area contributed by atoms with Gasteiger partial charge in [-0.2, -0.15) is 0 Å². The molecule has 0 saturated carbocycles. The second-order valence-corrected chi connectivity index (χ2v) is 2.70. The molecule has 1 atom stereocenters. The zero-order valence-corrected chi connectivity index (χ0v) is 6.83. The van der Waals surface area contributed by atoms with E-state index in [1.165, 1.54) is 0 Å². The number of aryl methyl sites for hydroxylation is 1. The molecule has 1 rings (SSSR count). The van der Waals surface area contributed by atoms with Crippen LogP contribution in [0.15, 0.2) is 12.1 Å². The Bertz CT molecular complexity index is 256. The van der Waals surface area contributed by atoms with Crippen LogP contribution in [0.3, 0.4) is 0 Å². The summed E-state index contributed by atoms with van der Waals surface area (Å²) in [5, 5.41) is 0. The van der Waals surface area contributed by atoms with E-state index in [2.05, 4.69) is 4.98 Å². The lowest BCUT2D eigenvalue weighted by Gasteiger charge is -2.08. The number of pyridine rings is 1. The maximum Gasteiger partial charge on any atom is 0.123 e. The van der Waals surface area contributed by atoms with Crippen LogP contribution in [-0.2, 0) is 0 Å². The summed E-state index contributed by atoms with van der Waals surface area (Å²) in [6.45, 7) is 3.84. The summed E-state index contributed by atoms with van der Waals surface area (Å²) in [7, 11) is 0. The van der Waals surface area contributed by atoms with Crippen molar-refractivity contribution in [1.29, 1.82) is 0 Å². The topological polar surface area (TPSA) is 64.9 Å². The van der Waals surface area contributed by atoms with Crippen molar-refractivity contribution in [2.75, 3.05) is 5.73 Å². The third-order valence-corrected chi connectivity index (χ3v) is 1.64. The minimum absolute atomic E-state index is 0.0306. The number of hydrogen-bond acceptors (Lipinski definition) is 3. The molecule has 1 aromatic heterocycles. The van der Waals surface area contributed by atoms with Crippen LogP contribution in [0.25, 0.3) is 0 Å². The van der Waals surface area contributed by atoms with E-state index < -0.39 is 0 Å². The lowest BCUT2D eigenvalue weighted by molar-refractivity contribution is 0.800. The number of nitrogen functional groups attached to an aromatic ring is 1. The van der Waals surface area contributed by atoms with Crippen LogP contribution in [-0.4, -0.2) is 4.98 Å². The summed E-state index contributed by atoms with van der Waals surface area (Å²) >= 11 is 0. The number of aromatic nitrogens is 1. The minimum Gasteiger partial charge on any atom is -0.384 e. The van der Waals surface area contributed by atoms with Gasteiger partial charge in [0, 0.05) is 11.7 Å². The Morgan fingerprint density at radius 1 is 1.45 bits per heavy atom. The van der Waals surface area contributed by atoms with Crippen LogP contribution in [0.2, 0.25) is 0 Å². The molecule has 0 radical (unpaired) electrons. The van der Waals surface area contributed by atoms with Crippen molar-refractivity contribution in [3.05, 3.63) is 23.4 Å². The Labute approximate surface area is 66.4 Å². The Kier molecular flexibility index (Phi) is 2.10. The Hall–Kier alpha value is -1.09. The molecule has 3 nitrogen and oxygen atoms in total. The van der Waals surface area contributed by atoms with Crippen molar-refractivity contribution in [1.82, 2.24) is 4.98 Å². The smallest absolute Gasteiger partial charge is 0.123 e. The Morgan fingerprint density at radius 3 is 2.55 bits per heavy atom. The monoisotopic (exact) mass is 151 g/mol. The normalized spacial score (nSPS) is 13.0. The van der Waals surface area contributed by atoms with Gasteiger partial charge >= 0.3 is 0 Å². The average molecular weight is 151 g/mol. The molecule has 1 aromatic rings. The van der Waals surface area contributed by atoms with Crippen molar-refractivity contribution in [3.8, 4) is 0 Å². The van der Waals surface area contributed by atoms with E-state index in [0.717, 1.165) is 11.3 Å². The van der Waals surface area contributed by atoms with E-state index in [9.17, 15) is 0 Å². The van der Waals surface area contributed by atoms with Gasteiger partial charge in [-0.15, -0.1) is 0 Å². The molecule has 0 unspecified atom stereocenters. The van der Waals surface area contributed by atoms with Gasteiger partial charge in [0.05, 0.1) is 0 Å². The molecule has 1 heterocycles. The first-order valence-corrected chi connectivity index (χ1v) is 3.60. The van der Waals surface area contributed by atoms with Crippen LogP contribution in [0.1, 0.15) is 24.2 Å². The predicted molar refractivity (Wildman–Crippen MR) is 46.0 cm³/mol. The van der Waals surface area contributed by atoms with E-state index in [1.54, 1.807) is 6.07 Å². The zero-order chi connectivity index (χ0) is 8.43. The third kappa shape index (κ3) is 1.68. The lowest BCUT2D eigenvalue weighted by Crippen LogP contribution is -2.08. The fourth-order valence-electron chi connectivity index (χ4n) is 1.07. The first kappa shape index (κ1) is 8.01. The second-order valence-electron chi connectivity index (χ2n) is 2.70. The van der Waals surface area contributed by atoms with Gasteiger partial charge in [-0.05, 0) is 25.5 Å². The van der Waals surface area contributed by atoms with Gasteiger partial charge in [-0.25, -0.2) is 4.98 Å². The van der Waals surface area contributed by atoms with Crippen molar-refractivity contribution in [2.24, 2.45) is 5.73 Å². The number of nitrogens with zero attached hydrogens (tertiary/aromatic N) is 1. The quantitative estimate of drug-likeness (QED) is 0.629. The number of rotatable bonds is 1. The summed E-state index contributed by atoms with van der Waals surface area (Å²) in [6.07, 6.45) is 0. The van der Waals surface area contributed by atoms with Gasteiger partial charge in [0.2, 0.25) is 0 Å². The molecular weight excluding hydrogens is 138 g/mol. The minimum atomic E-state index is 0.0306. The summed E-state index contributed by atoms with van der Waals surface area (Å²) in [4.78, 5) is 4.09. The van der Waals surface area contributed by atoms with Gasteiger partial charge in [-0.3, -0.25) is 0 Å². The van der Waals surface area contributed by atoms with Gasteiger partial charge in [0.25, 0.3) is 0 Å². The fourth-order valence-corrected chi connectivity index (χ4v) is 1.07. The van der Waals surface area contributed by atoms with Crippen molar-refractivity contribution in [3.63, 3.8) is 0 Å². The molecule has 0 aliphatic heterocycles. The van der Waals surface area contributed by atoms with E-state index in [4.69, 9.17) is 11.5 Å². The molecule has 0 aliphatic rings. The van der Waals surface area contributed by atoms with Gasteiger partial charge in [0.15, 0.2) is 0 Å². The molecule has 0 aromatic carbocycles.